The average molecular weight is 216 g/mol. The van der Waals surface area contributed by atoms with Gasteiger partial charge in [-0.1, -0.05) is 31.2 Å². The number of phenols is 1. The highest BCUT2D eigenvalue weighted by molar-refractivity contribution is 5.93. The third kappa shape index (κ3) is 1.71. The number of aromatic hydroxyl groups is 1. The number of fused-ring (bicyclic) bond motifs is 1. The highest BCUT2D eigenvalue weighted by Gasteiger charge is 2.09. The largest absolute Gasteiger partial charge is 0.504 e. The number of hydrogen-bond donors (Lipinski definition) is 1. The van der Waals surface area contributed by atoms with Crippen LogP contribution in [0.4, 0.5) is 0 Å². The summed E-state index contributed by atoms with van der Waals surface area (Å²) in [6.45, 7) is 4.56. The summed E-state index contributed by atoms with van der Waals surface area (Å²) < 4.78 is 5.39. The van der Waals surface area contributed by atoms with Crippen molar-refractivity contribution in [3.05, 3.63) is 35.9 Å². The Morgan fingerprint density at radius 3 is 2.62 bits per heavy atom. The fourth-order valence-electron chi connectivity index (χ4n) is 1.98. The minimum atomic E-state index is 0.261. The van der Waals surface area contributed by atoms with Gasteiger partial charge in [0.2, 0.25) is 0 Å². The summed E-state index contributed by atoms with van der Waals surface area (Å²) >= 11 is 0. The summed E-state index contributed by atoms with van der Waals surface area (Å²) in [6, 6.07) is 9.86. The van der Waals surface area contributed by atoms with E-state index in [-0.39, 0.29) is 5.75 Å². The molecule has 0 fully saturated rings. The van der Waals surface area contributed by atoms with Gasteiger partial charge in [0.1, 0.15) is 0 Å². The third-order valence-electron chi connectivity index (χ3n) is 2.75. The normalized spacial score (nSPS) is 10.6. The first-order valence-corrected chi connectivity index (χ1v) is 5.64. The maximum Gasteiger partial charge on any atom is 0.165 e. The molecule has 0 spiro atoms. The maximum atomic E-state index is 10.2. The van der Waals surface area contributed by atoms with Crippen LogP contribution in [-0.4, -0.2) is 11.7 Å². The van der Waals surface area contributed by atoms with Crippen LogP contribution in [0.3, 0.4) is 0 Å². The molecule has 84 valence electrons. The molecule has 2 aromatic carbocycles. The van der Waals surface area contributed by atoms with Crippen LogP contribution in [0.5, 0.6) is 11.5 Å². The molecule has 0 heterocycles. The van der Waals surface area contributed by atoms with Crippen LogP contribution in [0.25, 0.3) is 10.8 Å². The molecule has 0 aliphatic carbocycles. The summed E-state index contributed by atoms with van der Waals surface area (Å²) in [5.74, 6) is 0.827. The van der Waals surface area contributed by atoms with E-state index in [9.17, 15) is 5.11 Å². The number of phenolic OH excluding ortho intramolecular Hbond substituents is 1. The Morgan fingerprint density at radius 1 is 1.12 bits per heavy atom. The maximum absolute atomic E-state index is 10.2. The Kier molecular flexibility index (Phi) is 3.00. The fourth-order valence-corrected chi connectivity index (χ4v) is 1.98. The van der Waals surface area contributed by atoms with E-state index in [1.165, 1.54) is 0 Å². The lowest BCUT2D eigenvalue weighted by Crippen LogP contribution is -1.93. The second-order valence-corrected chi connectivity index (χ2v) is 3.71. The van der Waals surface area contributed by atoms with Crippen molar-refractivity contribution in [3.63, 3.8) is 0 Å². The van der Waals surface area contributed by atoms with Crippen molar-refractivity contribution in [1.29, 1.82) is 0 Å². The smallest absolute Gasteiger partial charge is 0.165 e. The minimum absolute atomic E-state index is 0.261. The molecule has 0 aliphatic rings. The van der Waals surface area contributed by atoms with Crippen LogP contribution < -0.4 is 4.74 Å². The van der Waals surface area contributed by atoms with Crippen molar-refractivity contribution in [1.82, 2.24) is 0 Å². The highest BCUT2D eigenvalue weighted by atomic mass is 16.5. The summed E-state index contributed by atoms with van der Waals surface area (Å²) in [7, 11) is 0. The Morgan fingerprint density at radius 2 is 1.94 bits per heavy atom. The molecule has 0 bridgehead atoms. The Bertz CT molecular complexity index is 503. The van der Waals surface area contributed by atoms with E-state index in [0.717, 1.165) is 22.8 Å². The van der Waals surface area contributed by atoms with Crippen LogP contribution in [0.15, 0.2) is 30.3 Å². The van der Waals surface area contributed by atoms with Gasteiger partial charge in [-0.2, -0.15) is 0 Å². The van der Waals surface area contributed by atoms with Gasteiger partial charge >= 0.3 is 0 Å². The van der Waals surface area contributed by atoms with Gasteiger partial charge in [0.25, 0.3) is 0 Å². The number of rotatable bonds is 3. The monoisotopic (exact) mass is 216 g/mol. The predicted octanol–water partition coefficient (Wildman–Crippen LogP) is 3.51. The van der Waals surface area contributed by atoms with Crippen molar-refractivity contribution in [3.8, 4) is 11.5 Å². The molecule has 0 saturated carbocycles. The van der Waals surface area contributed by atoms with Gasteiger partial charge in [0.05, 0.1) is 6.61 Å². The molecule has 2 heteroatoms. The molecule has 0 saturated heterocycles. The van der Waals surface area contributed by atoms with Gasteiger partial charge in [0.15, 0.2) is 11.5 Å². The highest BCUT2D eigenvalue weighted by Crippen LogP contribution is 2.36. The second-order valence-electron chi connectivity index (χ2n) is 3.71. The van der Waals surface area contributed by atoms with E-state index in [1.807, 2.05) is 37.3 Å². The van der Waals surface area contributed by atoms with Gasteiger partial charge in [-0.3, -0.25) is 0 Å². The zero-order valence-electron chi connectivity index (χ0n) is 9.66. The van der Waals surface area contributed by atoms with Gasteiger partial charge in [-0.05, 0) is 30.4 Å². The first kappa shape index (κ1) is 10.8. The topological polar surface area (TPSA) is 29.5 Å². The molecule has 2 nitrogen and oxygen atoms in total. The number of ether oxygens (including phenoxy) is 1. The standard InChI is InChI=1S/C14H16O2/c1-3-10-6-5-7-11-8-9-12(16-4-2)14(15)13(10)11/h5-9,15H,3-4H2,1-2H3. The molecular weight excluding hydrogens is 200 g/mol. The molecule has 2 rings (SSSR count). The summed E-state index contributed by atoms with van der Waals surface area (Å²) in [5, 5.41) is 12.1. The Hall–Kier alpha value is -1.70. The number of hydrogen-bond acceptors (Lipinski definition) is 2. The number of aryl methyl sites for hydroxylation is 1. The van der Waals surface area contributed by atoms with Crippen LogP contribution in [0, 0.1) is 0 Å². The molecule has 0 aromatic heterocycles. The third-order valence-corrected chi connectivity index (χ3v) is 2.75. The molecule has 0 amide bonds. The van der Waals surface area contributed by atoms with E-state index in [1.54, 1.807) is 0 Å². The summed E-state index contributed by atoms with van der Waals surface area (Å²) in [4.78, 5) is 0. The molecule has 1 N–H and O–H groups in total. The molecule has 0 unspecified atom stereocenters. The van der Waals surface area contributed by atoms with Crippen molar-refractivity contribution in [2.24, 2.45) is 0 Å². The quantitative estimate of drug-likeness (QED) is 0.850. The van der Waals surface area contributed by atoms with Crippen LogP contribution >= 0.6 is 0 Å². The SMILES string of the molecule is CCOc1ccc2cccc(CC)c2c1O. The van der Waals surface area contributed by atoms with Gasteiger partial charge in [-0.25, -0.2) is 0 Å². The van der Waals surface area contributed by atoms with Crippen molar-refractivity contribution in [2.45, 2.75) is 20.3 Å². The molecule has 0 atom stereocenters. The molecule has 0 aliphatic heterocycles. The molecular formula is C14H16O2. The Balaban J connectivity index is 2.70. The van der Waals surface area contributed by atoms with Crippen molar-refractivity contribution in [2.75, 3.05) is 6.61 Å². The van der Waals surface area contributed by atoms with E-state index < -0.39 is 0 Å². The van der Waals surface area contributed by atoms with E-state index in [4.69, 9.17) is 4.74 Å². The number of benzene rings is 2. The zero-order valence-corrected chi connectivity index (χ0v) is 9.66. The average Bonchev–Trinajstić information content (AvgIpc) is 2.32. The predicted molar refractivity (Wildman–Crippen MR) is 66.2 cm³/mol. The molecule has 0 radical (unpaired) electrons. The van der Waals surface area contributed by atoms with Crippen LogP contribution in [-0.2, 0) is 6.42 Å². The summed E-state index contributed by atoms with van der Waals surface area (Å²) in [6.07, 6.45) is 0.903. The molecule has 2 aromatic rings. The fraction of sp³-hybridized carbons (Fsp3) is 0.286. The second kappa shape index (κ2) is 4.44. The lowest BCUT2D eigenvalue weighted by molar-refractivity contribution is 0.320. The zero-order chi connectivity index (χ0) is 11.5. The van der Waals surface area contributed by atoms with E-state index >= 15 is 0 Å². The lowest BCUT2D eigenvalue weighted by Gasteiger charge is -2.11. The van der Waals surface area contributed by atoms with Crippen LogP contribution in [0.1, 0.15) is 19.4 Å². The van der Waals surface area contributed by atoms with E-state index in [0.29, 0.717) is 12.4 Å². The van der Waals surface area contributed by atoms with E-state index in [2.05, 4.69) is 6.92 Å². The van der Waals surface area contributed by atoms with Gasteiger partial charge < -0.3 is 9.84 Å². The van der Waals surface area contributed by atoms with Gasteiger partial charge in [0, 0.05) is 5.39 Å². The van der Waals surface area contributed by atoms with Crippen LogP contribution in [0.2, 0.25) is 0 Å². The summed E-state index contributed by atoms with van der Waals surface area (Å²) in [5.41, 5.74) is 1.15. The first-order valence-electron chi connectivity index (χ1n) is 5.64. The van der Waals surface area contributed by atoms with Crippen molar-refractivity contribution >= 4 is 10.8 Å². The van der Waals surface area contributed by atoms with Crippen molar-refractivity contribution < 1.29 is 9.84 Å². The Labute approximate surface area is 95.5 Å². The lowest BCUT2D eigenvalue weighted by atomic mass is 10.0. The minimum Gasteiger partial charge on any atom is -0.504 e. The van der Waals surface area contributed by atoms with Gasteiger partial charge in [-0.15, -0.1) is 0 Å². The molecule has 16 heavy (non-hydrogen) atoms. The first-order chi connectivity index (χ1) is 7.77.